The highest BCUT2D eigenvalue weighted by Crippen LogP contribution is 2.21. The molecule has 1 aromatic heterocycles. The Morgan fingerprint density at radius 3 is 2.74 bits per heavy atom. The molecule has 0 radical (unpaired) electrons. The van der Waals surface area contributed by atoms with Crippen molar-refractivity contribution in [1.82, 2.24) is 9.97 Å². The molecule has 2 rings (SSSR count). The molecule has 1 heterocycles. The summed E-state index contributed by atoms with van der Waals surface area (Å²) in [6.07, 6.45) is 5.70. The summed E-state index contributed by atoms with van der Waals surface area (Å²) in [4.78, 5) is 12.3. The Morgan fingerprint density at radius 2 is 2.13 bits per heavy atom. The Kier molecular flexibility index (Phi) is 6.16. The molecule has 0 atom stereocenters. The summed E-state index contributed by atoms with van der Waals surface area (Å²) in [6.45, 7) is 2.09. The fraction of sp³-hybridized carbons (Fsp3) is 0.200. The van der Waals surface area contributed by atoms with E-state index in [-0.39, 0.29) is 18.4 Å². The summed E-state index contributed by atoms with van der Waals surface area (Å²) in [6, 6.07) is 4.64. The van der Waals surface area contributed by atoms with Gasteiger partial charge in [0.15, 0.2) is 0 Å². The monoisotopic (exact) mass is 379 g/mol. The first-order chi connectivity index (χ1) is 11.1. The molecular formula is C15H15BrFN5O. The Bertz CT molecular complexity index is 718. The normalized spacial score (nSPS) is 11.9. The van der Waals surface area contributed by atoms with Gasteiger partial charge in [0.25, 0.3) is 0 Å². The first-order valence-electron chi connectivity index (χ1n) is 6.82. The van der Waals surface area contributed by atoms with E-state index in [2.05, 4.69) is 36.0 Å². The van der Waals surface area contributed by atoms with Crippen molar-refractivity contribution in [2.45, 2.75) is 13.3 Å². The number of nitrogens with two attached hydrogens (primary N) is 1. The van der Waals surface area contributed by atoms with Crippen LogP contribution in [0.2, 0.25) is 0 Å². The standard InChI is InChI=1S/C15H15BrFN5O/c1-2-10-6-20-15(21-7-10)23-9-12(22-18)8-19-11-3-4-14(17)13(16)5-11/h3-8H,2,9,18H2,1H3. The van der Waals surface area contributed by atoms with Gasteiger partial charge in [-0.3, -0.25) is 4.99 Å². The molecule has 120 valence electrons. The average molecular weight is 380 g/mol. The lowest BCUT2D eigenvalue weighted by molar-refractivity contribution is 0.346. The van der Waals surface area contributed by atoms with Crippen LogP contribution in [0.15, 0.2) is 45.2 Å². The van der Waals surface area contributed by atoms with Crippen LogP contribution < -0.4 is 10.6 Å². The van der Waals surface area contributed by atoms with E-state index in [1.807, 2.05) is 6.92 Å². The Labute approximate surface area is 141 Å². The van der Waals surface area contributed by atoms with Crippen LogP contribution >= 0.6 is 15.9 Å². The van der Waals surface area contributed by atoms with Gasteiger partial charge in [-0.05, 0) is 46.1 Å². The Balaban J connectivity index is 1.96. The zero-order chi connectivity index (χ0) is 16.7. The number of aromatic nitrogens is 2. The number of aliphatic imine (C=N–C) groups is 1. The van der Waals surface area contributed by atoms with Crippen molar-refractivity contribution in [2.75, 3.05) is 6.61 Å². The second kappa shape index (κ2) is 8.33. The maximum atomic E-state index is 13.1. The van der Waals surface area contributed by atoms with E-state index >= 15 is 0 Å². The molecule has 0 aliphatic carbocycles. The van der Waals surface area contributed by atoms with Gasteiger partial charge in [0.2, 0.25) is 0 Å². The van der Waals surface area contributed by atoms with Gasteiger partial charge in [-0.1, -0.05) is 6.92 Å². The van der Waals surface area contributed by atoms with Crippen molar-refractivity contribution in [3.8, 4) is 6.01 Å². The number of rotatable bonds is 6. The lowest BCUT2D eigenvalue weighted by atomic mass is 10.3. The molecule has 0 aliphatic rings. The summed E-state index contributed by atoms with van der Waals surface area (Å²) in [5, 5.41) is 3.59. The van der Waals surface area contributed by atoms with Crippen LogP contribution in [0, 0.1) is 5.82 Å². The topological polar surface area (TPSA) is 85.8 Å². The maximum Gasteiger partial charge on any atom is 0.316 e. The van der Waals surface area contributed by atoms with Gasteiger partial charge in [0.05, 0.1) is 16.4 Å². The second-order valence-corrected chi connectivity index (χ2v) is 5.35. The molecule has 0 aliphatic heterocycles. The predicted molar refractivity (Wildman–Crippen MR) is 90.8 cm³/mol. The van der Waals surface area contributed by atoms with Gasteiger partial charge in [-0.2, -0.15) is 5.10 Å². The zero-order valence-electron chi connectivity index (χ0n) is 12.4. The fourth-order valence-electron chi connectivity index (χ4n) is 1.56. The van der Waals surface area contributed by atoms with Gasteiger partial charge in [0.1, 0.15) is 18.1 Å². The van der Waals surface area contributed by atoms with E-state index in [0.717, 1.165) is 12.0 Å². The van der Waals surface area contributed by atoms with Gasteiger partial charge >= 0.3 is 6.01 Å². The molecule has 6 nitrogen and oxygen atoms in total. The largest absolute Gasteiger partial charge is 0.457 e. The van der Waals surface area contributed by atoms with E-state index in [1.54, 1.807) is 18.5 Å². The van der Waals surface area contributed by atoms with Crippen LogP contribution in [0.3, 0.4) is 0 Å². The summed E-state index contributed by atoms with van der Waals surface area (Å²) in [7, 11) is 0. The molecule has 23 heavy (non-hydrogen) atoms. The van der Waals surface area contributed by atoms with E-state index < -0.39 is 0 Å². The number of aryl methyl sites for hydroxylation is 1. The molecular weight excluding hydrogens is 365 g/mol. The minimum atomic E-state index is -0.354. The van der Waals surface area contributed by atoms with Gasteiger partial charge in [-0.25, -0.2) is 14.4 Å². The summed E-state index contributed by atoms with van der Waals surface area (Å²) in [5.74, 6) is 4.95. The summed E-state index contributed by atoms with van der Waals surface area (Å²) < 4.78 is 18.9. The molecule has 0 amide bonds. The third kappa shape index (κ3) is 5.10. The highest BCUT2D eigenvalue weighted by atomic mass is 79.9. The van der Waals surface area contributed by atoms with E-state index in [1.165, 1.54) is 18.3 Å². The van der Waals surface area contributed by atoms with Crippen LogP contribution in [-0.4, -0.2) is 28.5 Å². The number of ether oxygens (including phenoxy) is 1. The van der Waals surface area contributed by atoms with Gasteiger partial charge in [-0.15, -0.1) is 0 Å². The number of benzene rings is 1. The highest BCUT2D eigenvalue weighted by Gasteiger charge is 2.03. The molecule has 8 heteroatoms. The molecule has 2 aromatic rings. The highest BCUT2D eigenvalue weighted by molar-refractivity contribution is 9.10. The number of hydrazone groups is 1. The third-order valence-corrected chi connectivity index (χ3v) is 3.48. The Hall–Kier alpha value is -2.35. The predicted octanol–water partition coefficient (Wildman–Crippen LogP) is 3.04. The molecule has 0 fully saturated rings. The first-order valence-corrected chi connectivity index (χ1v) is 7.61. The minimum Gasteiger partial charge on any atom is -0.457 e. The van der Waals surface area contributed by atoms with Crippen LogP contribution in [0.4, 0.5) is 10.1 Å². The summed E-state index contributed by atoms with van der Waals surface area (Å²) >= 11 is 3.10. The average Bonchev–Trinajstić information content (AvgIpc) is 2.58. The van der Waals surface area contributed by atoms with Crippen molar-refractivity contribution in [1.29, 1.82) is 0 Å². The molecule has 2 N–H and O–H groups in total. The third-order valence-electron chi connectivity index (χ3n) is 2.87. The van der Waals surface area contributed by atoms with Crippen molar-refractivity contribution in [2.24, 2.45) is 15.9 Å². The maximum absolute atomic E-state index is 13.1. The van der Waals surface area contributed by atoms with E-state index in [4.69, 9.17) is 10.6 Å². The number of hydrogen-bond acceptors (Lipinski definition) is 6. The van der Waals surface area contributed by atoms with Crippen molar-refractivity contribution >= 4 is 33.5 Å². The SMILES string of the molecule is CCc1cnc(OCC(C=Nc2ccc(F)c(Br)c2)=NN)nc1. The molecule has 0 saturated carbocycles. The minimum absolute atomic E-state index is 0.0772. The van der Waals surface area contributed by atoms with Crippen LogP contribution in [0.1, 0.15) is 12.5 Å². The fourth-order valence-corrected chi connectivity index (χ4v) is 1.93. The first kappa shape index (κ1) is 17.0. The van der Waals surface area contributed by atoms with Crippen LogP contribution in [0.25, 0.3) is 0 Å². The number of hydrogen-bond donors (Lipinski definition) is 1. The lowest BCUT2D eigenvalue weighted by Crippen LogP contribution is -2.16. The smallest absolute Gasteiger partial charge is 0.316 e. The summed E-state index contributed by atoms with van der Waals surface area (Å²) in [5.41, 5.74) is 1.98. The van der Waals surface area contributed by atoms with Gasteiger partial charge in [0, 0.05) is 12.4 Å². The zero-order valence-corrected chi connectivity index (χ0v) is 14.0. The molecule has 1 aromatic carbocycles. The second-order valence-electron chi connectivity index (χ2n) is 4.49. The van der Waals surface area contributed by atoms with Gasteiger partial charge < -0.3 is 10.6 Å². The quantitative estimate of drug-likeness (QED) is 0.474. The van der Waals surface area contributed by atoms with E-state index in [9.17, 15) is 4.39 Å². The number of halogens is 2. The van der Waals surface area contributed by atoms with Crippen molar-refractivity contribution < 1.29 is 9.13 Å². The Morgan fingerprint density at radius 1 is 1.39 bits per heavy atom. The molecule has 0 saturated heterocycles. The van der Waals surface area contributed by atoms with Crippen molar-refractivity contribution in [3.63, 3.8) is 0 Å². The molecule has 0 spiro atoms. The molecule has 0 bridgehead atoms. The van der Waals surface area contributed by atoms with Crippen LogP contribution in [0.5, 0.6) is 6.01 Å². The van der Waals surface area contributed by atoms with Crippen LogP contribution in [-0.2, 0) is 6.42 Å². The lowest BCUT2D eigenvalue weighted by Gasteiger charge is -2.04. The van der Waals surface area contributed by atoms with E-state index in [0.29, 0.717) is 15.9 Å². The van der Waals surface area contributed by atoms with Crippen molar-refractivity contribution in [3.05, 3.63) is 46.4 Å². The molecule has 0 unspecified atom stereocenters. The number of nitrogens with zero attached hydrogens (tertiary/aromatic N) is 4.